The van der Waals surface area contributed by atoms with Crippen molar-refractivity contribution in [2.75, 3.05) is 4.90 Å². The summed E-state index contributed by atoms with van der Waals surface area (Å²) in [4.78, 5) is 22.4. The first-order valence-electron chi connectivity index (χ1n) is 8.81. The molecule has 0 radical (unpaired) electrons. The molecule has 5 nitrogen and oxygen atoms in total. The van der Waals surface area contributed by atoms with Crippen LogP contribution >= 0.6 is 11.8 Å². The van der Waals surface area contributed by atoms with E-state index in [0.29, 0.717) is 11.4 Å². The molecule has 2 aromatic rings. The molecule has 6 heteroatoms. The Hall–Kier alpha value is -2.73. The Morgan fingerprint density at radius 1 is 1.11 bits per heavy atom. The normalized spacial score (nSPS) is 22.3. The monoisotopic (exact) mass is 378 g/mol. The standard InChI is InChI=1S/C21H18N2O3S/c1-12-8-10-13(11-9-12)18-22-26-19-16-17(21(2,3)25-20(16)24)27-15-7-5-4-6-14(15)23(18)19/h4-11,19H,1-3H3. The van der Waals surface area contributed by atoms with E-state index in [9.17, 15) is 4.79 Å². The van der Waals surface area contributed by atoms with Crippen molar-refractivity contribution in [3.05, 3.63) is 70.1 Å². The van der Waals surface area contributed by atoms with Crippen LogP contribution in [0, 0.1) is 6.92 Å². The van der Waals surface area contributed by atoms with Gasteiger partial charge in [0.1, 0.15) is 11.2 Å². The number of esters is 1. The number of aryl methyl sites for hydroxylation is 1. The van der Waals surface area contributed by atoms with Gasteiger partial charge in [-0.1, -0.05) is 58.9 Å². The van der Waals surface area contributed by atoms with Crippen LogP contribution in [0.3, 0.4) is 0 Å². The van der Waals surface area contributed by atoms with E-state index >= 15 is 0 Å². The first-order chi connectivity index (χ1) is 13.0. The molecule has 0 spiro atoms. The quantitative estimate of drug-likeness (QED) is 0.696. The zero-order valence-corrected chi connectivity index (χ0v) is 16.0. The number of hydrogen-bond acceptors (Lipinski definition) is 6. The van der Waals surface area contributed by atoms with Crippen molar-refractivity contribution in [1.29, 1.82) is 0 Å². The van der Waals surface area contributed by atoms with Crippen LogP contribution in [-0.2, 0) is 14.4 Å². The molecule has 1 unspecified atom stereocenters. The minimum absolute atomic E-state index is 0.342. The van der Waals surface area contributed by atoms with Crippen LogP contribution in [0.25, 0.3) is 0 Å². The van der Waals surface area contributed by atoms with Crippen molar-refractivity contribution in [1.82, 2.24) is 0 Å². The van der Waals surface area contributed by atoms with E-state index in [1.165, 1.54) is 5.56 Å². The average Bonchev–Trinajstić information content (AvgIpc) is 3.09. The number of rotatable bonds is 1. The average molecular weight is 378 g/mol. The fourth-order valence-corrected chi connectivity index (χ4v) is 4.83. The maximum absolute atomic E-state index is 12.7. The number of anilines is 1. The van der Waals surface area contributed by atoms with Gasteiger partial charge in [-0.3, -0.25) is 4.90 Å². The van der Waals surface area contributed by atoms with Gasteiger partial charge >= 0.3 is 5.97 Å². The molecule has 0 saturated heterocycles. The lowest BCUT2D eigenvalue weighted by Crippen LogP contribution is -2.39. The first kappa shape index (κ1) is 16.4. The number of carbonyl (C=O) groups is 1. The van der Waals surface area contributed by atoms with E-state index in [1.807, 2.05) is 68.1 Å². The predicted octanol–water partition coefficient (Wildman–Crippen LogP) is 4.21. The lowest BCUT2D eigenvalue weighted by molar-refractivity contribution is -0.145. The third kappa shape index (κ3) is 2.40. The van der Waals surface area contributed by atoms with Crippen molar-refractivity contribution in [3.63, 3.8) is 0 Å². The maximum Gasteiger partial charge on any atom is 0.341 e. The summed E-state index contributed by atoms with van der Waals surface area (Å²) in [6.45, 7) is 5.87. The molecule has 27 heavy (non-hydrogen) atoms. The van der Waals surface area contributed by atoms with Gasteiger partial charge in [0.05, 0.1) is 5.69 Å². The summed E-state index contributed by atoms with van der Waals surface area (Å²) in [6, 6.07) is 16.2. The van der Waals surface area contributed by atoms with E-state index in [4.69, 9.17) is 9.57 Å². The van der Waals surface area contributed by atoms with Gasteiger partial charge in [-0.2, -0.15) is 0 Å². The summed E-state index contributed by atoms with van der Waals surface area (Å²) in [5, 5.41) is 4.35. The highest BCUT2D eigenvalue weighted by Gasteiger charge is 2.51. The largest absolute Gasteiger partial charge is 0.451 e. The Labute approximate surface area is 161 Å². The van der Waals surface area contributed by atoms with E-state index in [0.717, 1.165) is 21.1 Å². The summed E-state index contributed by atoms with van der Waals surface area (Å²) in [5.74, 6) is 0.352. The minimum Gasteiger partial charge on any atom is -0.451 e. The molecular weight excluding hydrogens is 360 g/mol. The highest BCUT2D eigenvalue weighted by molar-refractivity contribution is 8.03. The number of benzene rings is 2. The van der Waals surface area contributed by atoms with E-state index < -0.39 is 11.8 Å². The van der Waals surface area contributed by atoms with Crippen LogP contribution in [0.2, 0.25) is 0 Å². The van der Waals surface area contributed by atoms with Crippen LogP contribution in [0.15, 0.2) is 69.1 Å². The molecule has 136 valence electrons. The smallest absolute Gasteiger partial charge is 0.341 e. The number of fused-ring (bicyclic) bond motifs is 4. The highest BCUT2D eigenvalue weighted by Crippen LogP contribution is 2.51. The summed E-state index contributed by atoms with van der Waals surface area (Å²) < 4.78 is 5.64. The number of ether oxygens (including phenoxy) is 1. The molecular formula is C21H18N2O3S. The molecule has 0 amide bonds. The van der Waals surface area contributed by atoms with Crippen molar-refractivity contribution in [3.8, 4) is 0 Å². The second-order valence-electron chi connectivity index (χ2n) is 7.32. The van der Waals surface area contributed by atoms with Crippen LogP contribution in [0.1, 0.15) is 25.0 Å². The van der Waals surface area contributed by atoms with Crippen LogP contribution in [-0.4, -0.2) is 23.6 Å². The van der Waals surface area contributed by atoms with Crippen molar-refractivity contribution >= 4 is 29.3 Å². The molecule has 0 fully saturated rings. The Kier molecular flexibility index (Phi) is 3.43. The fourth-order valence-electron chi connectivity index (χ4n) is 3.61. The summed E-state index contributed by atoms with van der Waals surface area (Å²) in [6.07, 6.45) is -0.623. The molecule has 3 heterocycles. The second kappa shape index (κ2) is 5.63. The number of oxime groups is 1. The number of hydrogen-bond donors (Lipinski definition) is 0. The first-order valence-corrected chi connectivity index (χ1v) is 9.62. The molecule has 0 bridgehead atoms. The molecule has 3 aliphatic rings. The number of carbonyl (C=O) groups excluding carboxylic acids is 1. The summed E-state index contributed by atoms with van der Waals surface area (Å²) >= 11 is 1.57. The molecule has 1 atom stereocenters. The number of thioether (sulfide) groups is 1. The zero-order chi connectivity index (χ0) is 18.8. The van der Waals surface area contributed by atoms with Gasteiger partial charge in [0, 0.05) is 15.4 Å². The number of cyclic esters (lactones) is 1. The molecule has 0 N–H and O–H groups in total. The zero-order valence-electron chi connectivity index (χ0n) is 15.2. The van der Waals surface area contributed by atoms with Crippen LogP contribution < -0.4 is 4.90 Å². The van der Waals surface area contributed by atoms with Crippen molar-refractivity contribution in [2.24, 2.45) is 5.16 Å². The molecule has 2 aromatic carbocycles. The van der Waals surface area contributed by atoms with Crippen LogP contribution in [0.4, 0.5) is 5.69 Å². The fraction of sp³-hybridized carbons (Fsp3) is 0.238. The molecule has 5 rings (SSSR count). The predicted molar refractivity (Wildman–Crippen MR) is 105 cm³/mol. The molecule has 0 aromatic heterocycles. The highest BCUT2D eigenvalue weighted by atomic mass is 32.2. The van der Waals surface area contributed by atoms with Gasteiger partial charge in [-0.15, -0.1) is 0 Å². The van der Waals surface area contributed by atoms with Crippen molar-refractivity contribution < 1.29 is 14.4 Å². The number of para-hydroxylation sites is 1. The third-order valence-corrected chi connectivity index (χ3v) is 6.44. The summed E-state index contributed by atoms with van der Waals surface area (Å²) in [5.41, 5.74) is 2.94. The maximum atomic E-state index is 12.7. The second-order valence-corrected chi connectivity index (χ2v) is 8.37. The van der Waals surface area contributed by atoms with Gasteiger partial charge in [0.25, 0.3) is 0 Å². The van der Waals surface area contributed by atoms with Gasteiger partial charge in [-0.25, -0.2) is 4.79 Å². The van der Waals surface area contributed by atoms with Gasteiger partial charge in [0.2, 0.25) is 6.23 Å². The van der Waals surface area contributed by atoms with Gasteiger partial charge < -0.3 is 9.57 Å². The van der Waals surface area contributed by atoms with E-state index in [1.54, 1.807) is 11.8 Å². The van der Waals surface area contributed by atoms with Gasteiger partial charge in [-0.05, 0) is 32.9 Å². The van der Waals surface area contributed by atoms with Crippen LogP contribution in [0.5, 0.6) is 0 Å². The Bertz CT molecular complexity index is 1020. The van der Waals surface area contributed by atoms with E-state index in [-0.39, 0.29) is 5.97 Å². The number of nitrogens with zero attached hydrogens (tertiary/aromatic N) is 2. The lowest BCUT2D eigenvalue weighted by atomic mass is 10.1. The Morgan fingerprint density at radius 3 is 2.63 bits per heavy atom. The third-order valence-electron chi connectivity index (χ3n) is 4.95. The van der Waals surface area contributed by atoms with Gasteiger partial charge in [0.15, 0.2) is 5.84 Å². The van der Waals surface area contributed by atoms with E-state index in [2.05, 4.69) is 11.2 Å². The molecule has 0 saturated carbocycles. The SMILES string of the molecule is Cc1ccc(C2=NOC3C4=C(Sc5ccccc5N23)C(C)(C)OC4=O)cc1. The Morgan fingerprint density at radius 2 is 1.85 bits per heavy atom. The van der Waals surface area contributed by atoms with Crippen molar-refractivity contribution in [2.45, 2.75) is 37.5 Å². The summed E-state index contributed by atoms with van der Waals surface area (Å²) in [7, 11) is 0. The number of amidine groups is 1. The Balaban J connectivity index is 1.70. The molecule has 3 aliphatic heterocycles. The lowest BCUT2D eigenvalue weighted by Gasteiger charge is -2.25. The minimum atomic E-state index is -0.684. The molecule has 0 aliphatic carbocycles. The topological polar surface area (TPSA) is 51.1 Å².